The molecule has 1 radical (unpaired) electrons. The van der Waals surface area contributed by atoms with Crippen molar-refractivity contribution >= 4 is 101 Å². The Kier molecular flexibility index (Phi) is 34.7. The number of hydrogen-bond donors (Lipinski definition) is 1. The Morgan fingerprint density at radius 1 is 0.635 bits per heavy atom. The summed E-state index contributed by atoms with van der Waals surface area (Å²) in [6.07, 6.45) is 5.98. The number of alkyl halides is 12. The van der Waals surface area contributed by atoms with E-state index in [-0.39, 0.29) is 73.2 Å². The van der Waals surface area contributed by atoms with E-state index in [1.165, 1.54) is 68.5 Å². The van der Waals surface area contributed by atoms with Gasteiger partial charge in [0.1, 0.15) is 0 Å². The van der Waals surface area contributed by atoms with Crippen molar-refractivity contribution in [2.24, 2.45) is 10.2 Å². The molecule has 11 rings (SSSR count). The van der Waals surface area contributed by atoms with Gasteiger partial charge >= 0.3 is 54.5 Å². The molecule has 1 atom stereocenters. The molecule has 96 heavy (non-hydrogen) atoms. The van der Waals surface area contributed by atoms with Crippen LogP contribution in [-0.2, 0) is 38.2 Å². The molecule has 12 nitrogen and oxygen atoms in total. The summed E-state index contributed by atoms with van der Waals surface area (Å²) in [7, 11) is -2.43. The number of sulfone groups is 2. The van der Waals surface area contributed by atoms with Gasteiger partial charge in [-0.15, -0.1) is 23.2 Å². The molecule has 2 aromatic heterocycles. The van der Waals surface area contributed by atoms with Gasteiger partial charge in [0, 0.05) is 49.3 Å². The van der Waals surface area contributed by atoms with E-state index < -0.39 is 60.3 Å². The van der Waals surface area contributed by atoms with E-state index in [0.717, 1.165) is 117 Å². The minimum atomic E-state index is -4.45. The van der Waals surface area contributed by atoms with Gasteiger partial charge in [0.15, 0.2) is 24.2 Å². The SMILES string of the molecule is BrC1CCCC1.C#[N+]C(C1CCCC1)S(=O)(=O)c1ccc(C)cc1.C#[N+]CS(=O)(=O)c1ccc(C)cc1.ClCCl.FC(F)(F)c1ccccc1-c1oc(Br)nc1C1CCCC1.FC(F)(F)c1ccccc1-c1ocnc1C1CCCC1.O=Cc1ccccc1C(F)(F)F.[B]=NS. The van der Waals surface area contributed by atoms with Crippen LogP contribution in [0.4, 0.5) is 39.5 Å². The number of halogens is 13. The molecule has 0 aliphatic heterocycles. The third-order valence-corrected chi connectivity index (χ3v) is 20.4. The summed E-state index contributed by atoms with van der Waals surface area (Å²) in [6.45, 7) is 14.0. The van der Waals surface area contributed by atoms with Crippen LogP contribution in [0.3, 0.4) is 0 Å². The van der Waals surface area contributed by atoms with Gasteiger partial charge in [0.2, 0.25) is 0 Å². The summed E-state index contributed by atoms with van der Waals surface area (Å²) in [5.41, 5.74) is 0.924. The first-order valence-electron chi connectivity index (χ1n) is 30.1. The van der Waals surface area contributed by atoms with Crippen LogP contribution in [0.25, 0.3) is 32.3 Å². The second kappa shape index (κ2) is 40.3. The molecule has 2 heterocycles. The molecule has 4 aliphatic rings. The van der Waals surface area contributed by atoms with Crippen LogP contribution in [0, 0.1) is 32.9 Å². The Morgan fingerprint density at radius 3 is 1.44 bits per heavy atom. The van der Waals surface area contributed by atoms with Crippen molar-refractivity contribution < 1.29 is 70.0 Å². The number of rotatable bonds is 10. The van der Waals surface area contributed by atoms with E-state index in [2.05, 4.69) is 76.3 Å². The van der Waals surface area contributed by atoms with Gasteiger partial charge < -0.3 is 8.83 Å². The fraction of sp³-hybridized carbons (Fsp3) is 0.418. The Hall–Kier alpha value is -5.81. The molecule has 4 saturated carbocycles. The first-order valence-corrected chi connectivity index (χ1v) is 36.5. The number of thiol groups is 1. The van der Waals surface area contributed by atoms with Crippen LogP contribution in [-0.4, -0.2) is 62.1 Å². The summed E-state index contributed by atoms with van der Waals surface area (Å²) in [5, 5.41) is -0.595. The number of benzene rings is 5. The van der Waals surface area contributed by atoms with Crippen LogP contribution in [0.2, 0.25) is 0 Å². The first kappa shape index (κ1) is 82.6. The Balaban J connectivity index is 0.000000247. The molecule has 7 aromatic rings. The molecule has 0 saturated heterocycles. The number of hydrogen-bond acceptors (Lipinski definition) is 11. The van der Waals surface area contributed by atoms with E-state index >= 15 is 0 Å². The van der Waals surface area contributed by atoms with Gasteiger partial charge in [-0.2, -0.15) is 39.5 Å². The topological polar surface area (TPSA) is 158 Å². The zero-order valence-corrected chi connectivity index (χ0v) is 59.5. The summed E-state index contributed by atoms with van der Waals surface area (Å²) >= 11 is 19.4. The molecule has 5 aromatic carbocycles. The number of nitrogens with zero attached hydrogens (tertiary/aromatic N) is 5. The quantitative estimate of drug-likeness (QED) is 0.0462. The number of aryl methyl sites for hydroxylation is 2. The van der Waals surface area contributed by atoms with Crippen LogP contribution >= 0.6 is 67.9 Å². The van der Waals surface area contributed by atoms with Crippen molar-refractivity contribution in [2.45, 2.75) is 167 Å². The van der Waals surface area contributed by atoms with Crippen molar-refractivity contribution in [3.8, 4) is 35.8 Å². The fourth-order valence-electron chi connectivity index (χ4n) is 11.0. The number of carbonyl (C=O) groups excluding carboxylic acids is 1. The van der Waals surface area contributed by atoms with Crippen molar-refractivity contribution in [3.05, 3.63) is 187 Å². The van der Waals surface area contributed by atoms with Crippen LogP contribution in [0.1, 0.15) is 164 Å². The number of aromatic nitrogens is 2. The molecule has 4 fully saturated rings. The number of oxazole rings is 2. The van der Waals surface area contributed by atoms with E-state index in [4.69, 9.17) is 45.2 Å². The predicted octanol–water partition coefficient (Wildman–Crippen LogP) is 22.2. The Labute approximate surface area is 588 Å². The molecule has 1 unspecified atom stereocenters. The number of carbonyl (C=O) groups is 1. The standard InChI is InChI=1S/C15H13BrF3NO.C15H14F3NO.C14H18NO2S.C9H10NO2S.C8H5F3O.C5H9Br.CH2Cl2.BHNS/c16-14-20-12(9-5-1-2-6-9)13(21-14)10-7-3-4-8-11(10)15(17,18)19;16-15(17,18)12-8-4-3-7-11(12)14-13(19-9-20-14)10-5-1-2-6-10;1-11-7-9-13(10-8-11)18(16,17)14(15-2)12-5-3-4-6-12;1-8-3-5-9(6-4-8)13(11,12)7-10-2;9-8(10,11)7-4-2-1-3-6(7)5-12;6-5-3-1-2-4-5;2-1-3;1-2-3/h3-4,7-9H,1-2,5-6H2;3-4,7-10H,1-2,5-6H2;2,7-10,12,14H,3-6H2,1H3;2-6H,7H2,1H3;1-5H;5H,1-4H2;1H2;3H/q;;2*+1;;;;. The van der Waals surface area contributed by atoms with Gasteiger partial charge in [-0.05, 0) is 108 Å². The van der Waals surface area contributed by atoms with Gasteiger partial charge in [-0.25, -0.2) is 26.8 Å². The second-order valence-electron chi connectivity index (χ2n) is 22.3. The molecular formula is C67H72BBr2Cl2F9N5O7S3+2. The summed E-state index contributed by atoms with van der Waals surface area (Å²) in [6, 6.07) is 29.1. The monoisotopic (exact) mass is 1560 g/mol. The summed E-state index contributed by atoms with van der Waals surface area (Å²) < 4.78 is 176. The molecule has 0 bridgehead atoms. The van der Waals surface area contributed by atoms with E-state index in [9.17, 15) is 61.1 Å². The molecule has 4 aliphatic carbocycles. The normalized spacial score (nSPS) is 15.3. The van der Waals surface area contributed by atoms with E-state index in [1.54, 1.807) is 60.7 Å². The second-order valence-corrected chi connectivity index (χ2v) is 29.3. The van der Waals surface area contributed by atoms with Crippen molar-refractivity contribution in [1.82, 2.24) is 9.97 Å². The van der Waals surface area contributed by atoms with Crippen LogP contribution in [0.5, 0.6) is 0 Å². The zero-order valence-electron chi connectivity index (χ0n) is 52.3. The third kappa shape index (κ3) is 25.8. The maximum absolute atomic E-state index is 13.2. The van der Waals surface area contributed by atoms with Gasteiger partial charge in [0.25, 0.3) is 37.6 Å². The average molecular weight is 1570 g/mol. The number of aldehydes is 1. The molecule has 517 valence electrons. The van der Waals surface area contributed by atoms with Crippen LogP contribution in [0.15, 0.2) is 155 Å². The van der Waals surface area contributed by atoms with Crippen molar-refractivity contribution in [2.75, 3.05) is 11.2 Å². The van der Waals surface area contributed by atoms with Crippen molar-refractivity contribution in [3.63, 3.8) is 0 Å². The maximum atomic E-state index is 13.2. The average Bonchev–Trinajstić information content (AvgIpc) is 1.68. The van der Waals surface area contributed by atoms with Gasteiger partial charge in [0.05, 0.1) is 49.1 Å². The zero-order chi connectivity index (χ0) is 71.3. The Morgan fingerprint density at radius 2 is 1.03 bits per heavy atom. The Bertz CT molecular complexity index is 3850. The minimum absolute atomic E-state index is 0.0603. The predicted molar refractivity (Wildman–Crippen MR) is 370 cm³/mol. The van der Waals surface area contributed by atoms with Crippen LogP contribution < -0.4 is 0 Å². The van der Waals surface area contributed by atoms with E-state index in [1.807, 2.05) is 13.8 Å². The molecule has 0 amide bonds. The van der Waals surface area contributed by atoms with E-state index in [0.29, 0.717) is 16.3 Å². The summed E-state index contributed by atoms with van der Waals surface area (Å²) in [5.74, 6) is 0.602. The molecule has 0 N–H and O–H groups in total. The molecule has 0 spiro atoms. The molecular weight excluding hydrogens is 1500 g/mol. The van der Waals surface area contributed by atoms with Gasteiger partial charge in [-0.3, -0.25) is 4.79 Å². The van der Waals surface area contributed by atoms with Crippen molar-refractivity contribution in [1.29, 1.82) is 0 Å². The molecule has 29 heteroatoms. The first-order chi connectivity index (χ1) is 45.4. The third-order valence-electron chi connectivity index (χ3n) is 15.6. The fourth-order valence-corrected chi connectivity index (χ4v) is 14.6. The summed E-state index contributed by atoms with van der Waals surface area (Å²) in [4.78, 5) is 27.1. The van der Waals surface area contributed by atoms with Gasteiger partial charge in [-0.1, -0.05) is 167 Å².